The van der Waals surface area contributed by atoms with Gasteiger partial charge in [-0.1, -0.05) is 48.0 Å². The van der Waals surface area contributed by atoms with Crippen molar-refractivity contribution in [1.82, 2.24) is 0 Å². The number of carbonyl (C=O) groups is 1. The van der Waals surface area contributed by atoms with E-state index in [0.717, 1.165) is 33.9 Å². The average Bonchev–Trinajstić information content (AvgIpc) is 3.19. The highest BCUT2D eigenvalue weighted by Crippen LogP contribution is 2.32. The van der Waals surface area contributed by atoms with Crippen LogP contribution in [-0.4, -0.2) is 12.7 Å². The minimum absolute atomic E-state index is 0.0456. The molecule has 0 aliphatic carbocycles. The van der Waals surface area contributed by atoms with Crippen molar-refractivity contribution in [3.05, 3.63) is 89.5 Å². The summed E-state index contributed by atoms with van der Waals surface area (Å²) in [7, 11) is 0. The van der Waals surface area contributed by atoms with Gasteiger partial charge in [-0.15, -0.1) is 0 Å². The summed E-state index contributed by atoms with van der Waals surface area (Å²) in [6, 6.07) is 23.2. The zero-order chi connectivity index (χ0) is 19.3. The van der Waals surface area contributed by atoms with Crippen molar-refractivity contribution in [3.8, 4) is 11.5 Å². The zero-order valence-electron chi connectivity index (χ0n) is 15.7. The summed E-state index contributed by atoms with van der Waals surface area (Å²) in [5.74, 6) is 1.47. The third kappa shape index (κ3) is 4.15. The van der Waals surface area contributed by atoms with Crippen molar-refractivity contribution < 1.29 is 19.6 Å². The molecular weight excluding hydrogens is 352 g/mol. The van der Waals surface area contributed by atoms with E-state index in [1.165, 1.54) is 0 Å². The maximum atomic E-state index is 13.0. The second kappa shape index (κ2) is 8.15. The van der Waals surface area contributed by atoms with Crippen molar-refractivity contribution in [3.63, 3.8) is 0 Å². The fourth-order valence-corrected chi connectivity index (χ4v) is 3.23. The van der Waals surface area contributed by atoms with Crippen LogP contribution < -0.4 is 20.1 Å². The second-order valence-electron chi connectivity index (χ2n) is 6.87. The first-order valence-corrected chi connectivity index (χ1v) is 9.33. The SMILES string of the molecule is Cc1ccc(NC(=O)[C@@H]([NH2+]Cc2ccc3c(c2)OCO3)c2ccccc2)cc1. The number of benzene rings is 3. The molecule has 4 rings (SSSR count). The molecule has 1 aliphatic rings. The van der Waals surface area contributed by atoms with Gasteiger partial charge >= 0.3 is 0 Å². The molecule has 3 aromatic carbocycles. The van der Waals surface area contributed by atoms with Crippen LogP contribution in [-0.2, 0) is 11.3 Å². The molecule has 0 fully saturated rings. The first kappa shape index (κ1) is 18.1. The summed E-state index contributed by atoms with van der Waals surface area (Å²) in [5.41, 5.74) is 4.00. The minimum Gasteiger partial charge on any atom is -0.454 e. The number of hydrogen-bond donors (Lipinski definition) is 2. The highest BCUT2D eigenvalue weighted by Gasteiger charge is 2.24. The number of hydrogen-bond acceptors (Lipinski definition) is 3. The molecule has 1 atom stereocenters. The smallest absolute Gasteiger partial charge is 0.287 e. The lowest BCUT2D eigenvalue weighted by atomic mass is 10.1. The molecule has 28 heavy (non-hydrogen) atoms. The van der Waals surface area contributed by atoms with E-state index >= 15 is 0 Å². The number of aryl methyl sites for hydroxylation is 1. The number of nitrogens with one attached hydrogen (secondary N) is 1. The van der Waals surface area contributed by atoms with Crippen LogP contribution in [0, 0.1) is 6.92 Å². The average molecular weight is 375 g/mol. The van der Waals surface area contributed by atoms with Crippen molar-refractivity contribution in [2.24, 2.45) is 0 Å². The largest absolute Gasteiger partial charge is 0.454 e. The Kier molecular flexibility index (Phi) is 5.26. The summed E-state index contributed by atoms with van der Waals surface area (Å²) in [6.45, 7) is 2.93. The third-order valence-corrected chi connectivity index (χ3v) is 4.79. The van der Waals surface area contributed by atoms with Crippen LogP contribution in [0.25, 0.3) is 0 Å². The Bertz CT molecular complexity index is 955. The predicted molar refractivity (Wildman–Crippen MR) is 107 cm³/mol. The van der Waals surface area contributed by atoms with Gasteiger partial charge in [-0.25, -0.2) is 0 Å². The van der Waals surface area contributed by atoms with Gasteiger partial charge in [-0.05, 0) is 37.3 Å². The second-order valence-corrected chi connectivity index (χ2v) is 6.87. The molecule has 1 heterocycles. The van der Waals surface area contributed by atoms with Crippen molar-refractivity contribution in [2.45, 2.75) is 19.5 Å². The van der Waals surface area contributed by atoms with Crippen molar-refractivity contribution >= 4 is 11.6 Å². The maximum absolute atomic E-state index is 13.0. The number of fused-ring (bicyclic) bond motifs is 1. The molecule has 142 valence electrons. The standard InChI is InChI=1S/C23H22N2O3/c1-16-7-10-19(11-8-16)25-23(26)22(18-5-3-2-4-6-18)24-14-17-9-12-20-21(13-17)28-15-27-20/h2-13,22,24H,14-15H2,1H3,(H,25,26)/p+1/t22-/m0/s1. The normalized spacial score (nSPS) is 13.2. The first-order chi connectivity index (χ1) is 13.7. The Labute approximate surface area is 164 Å². The van der Waals surface area contributed by atoms with Gasteiger partial charge in [0.2, 0.25) is 6.79 Å². The number of rotatable bonds is 6. The molecule has 1 aliphatic heterocycles. The Hall–Kier alpha value is -3.31. The quantitative estimate of drug-likeness (QED) is 0.696. The number of carbonyl (C=O) groups excluding carboxylic acids is 1. The summed E-state index contributed by atoms with van der Waals surface area (Å²) < 4.78 is 10.8. The summed E-state index contributed by atoms with van der Waals surface area (Å²) in [5, 5.41) is 5.07. The number of anilines is 1. The Balaban J connectivity index is 1.50. The summed E-state index contributed by atoms with van der Waals surface area (Å²) in [6.07, 6.45) is 0. The van der Waals surface area contributed by atoms with Crippen LogP contribution in [0.2, 0.25) is 0 Å². The molecule has 0 bridgehead atoms. The van der Waals surface area contributed by atoms with Gasteiger partial charge in [-0.3, -0.25) is 4.79 Å². The lowest BCUT2D eigenvalue weighted by Gasteiger charge is -2.16. The van der Waals surface area contributed by atoms with Gasteiger partial charge in [-0.2, -0.15) is 0 Å². The van der Waals surface area contributed by atoms with Gasteiger partial charge in [0.15, 0.2) is 17.5 Å². The first-order valence-electron chi connectivity index (χ1n) is 9.33. The minimum atomic E-state index is -0.354. The molecule has 0 saturated carbocycles. The fraction of sp³-hybridized carbons (Fsp3) is 0.174. The van der Waals surface area contributed by atoms with Crippen LogP contribution >= 0.6 is 0 Å². The molecule has 0 radical (unpaired) electrons. The van der Waals surface area contributed by atoms with Gasteiger partial charge in [0.1, 0.15) is 6.54 Å². The van der Waals surface area contributed by atoms with Gasteiger partial charge in [0.25, 0.3) is 5.91 Å². The molecular formula is C23H23N2O3+. The number of amides is 1. The van der Waals surface area contributed by atoms with E-state index in [9.17, 15) is 4.79 Å². The van der Waals surface area contributed by atoms with E-state index in [1.807, 2.05) is 85.0 Å². The van der Waals surface area contributed by atoms with Gasteiger partial charge in [0, 0.05) is 16.8 Å². The van der Waals surface area contributed by atoms with Gasteiger partial charge in [0.05, 0.1) is 0 Å². The van der Waals surface area contributed by atoms with E-state index in [2.05, 4.69) is 5.32 Å². The lowest BCUT2D eigenvalue weighted by molar-refractivity contribution is -0.697. The van der Waals surface area contributed by atoms with E-state index in [-0.39, 0.29) is 18.7 Å². The molecule has 3 N–H and O–H groups in total. The topological polar surface area (TPSA) is 64.2 Å². The Morgan fingerprint density at radius 1 is 1.00 bits per heavy atom. The Morgan fingerprint density at radius 2 is 1.75 bits per heavy atom. The molecule has 5 nitrogen and oxygen atoms in total. The van der Waals surface area contributed by atoms with Gasteiger partial charge < -0.3 is 20.1 Å². The van der Waals surface area contributed by atoms with Crippen molar-refractivity contribution in [1.29, 1.82) is 0 Å². The molecule has 0 aromatic heterocycles. The molecule has 0 saturated heterocycles. The van der Waals surface area contributed by atoms with E-state index in [1.54, 1.807) is 0 Å². The maximum Gasteiger partial charge on any atom is 0.287 e. The van der Waals surface area contributed by atoms with E-state index in [0.29, 0.717) is 6.54 Å². The summed E-state index contributed by atoms with van der Waals surface area (Å²) in [4.78, 5) is 13.0. The Morgan fingerprint density at radius 3 is 2.54 bits per heavy atom. The molecule has 0 unspecified atom stereocenters. The van der Waals surface area contributed by atoms with Crippen LogP contribution in [0.15, 0.2) is 72.8 Å². The zero-order valence-corrected chi connectivity index (χ0v) is 15.7. The monoisotopic (exact) mass is 375 g/mol. The predicted octanol–water partition coefficient (Wildman–Crippen LogP) is 3.17. The fourth-order valence-electron chi connectivity index (χ4n) is 3.23. The van der Waals surface area contributed by atoms with E-state index in [4.69, 9.17) is 9.47 Å². The third-order valence-electron chi connectivity index (χ3n) is 4.79. The number of nitrogens with two attached hydrogens (primary N) is 1. The van der Waals surface area contributed by atoms with E-state index < -0.39 is 0 Å². The van der Waals surface area contributed by atoms with Crippen molar-refractivity contribution in [2.75, 3.05) is 12.1 Å². The van der Waals surface area contributed by atoms with Crippen LogP contribution in [0.1, 0.15) is 22.7 Å². The highest BCUT2D eigenvalue weighted by atomic mass is 16.7. The molecule has 0 spiro atoms. The highest BCUT2D eigenvalue weighted by molar-refractivity contribution is 5.94. The number of ether oxygens (including phenoxy) is 2. The van der Waals surface area contributed by atoms with Crippen LogP contribution in [0.5, 0.6) is 11.5 Å². The van der Waals surface area contributed by atoms with Crippen LogP contribution in [0.3, 0.4) is 0 Å². The van der Waals surface area contributed by atoms with Crippen LogP contribution in [0.4, 0.5) is 5.69 Å². The molecule has 1 amide bonds. The molecule has 5 heteroatoms. The number of quaternary nitrogens is 1. The summed E-state index contributed by atoms with van der Waals surface area (Å²) >= 11 is 0. The lowest BCUT2D eigenvalue weighted by Crippen LogP contribution is -2.85. The molecule has 3 aromatic rings.